The number of rotatable bonds is 4. The van der Waals surface area contributed by atoms with Gasteiger partial charge in [0.2, 0.25) is 0 Å². The molecule has 0 saturated heterocycles. The first-order valence-corrected chi connectivity index (χ1v) is 9.72. The van der Waals surface area contributed by atoms with Gasteiger partial charge in [-0.1, -0.05) is 30.3 Å². The lowest BCUT2D eigenvalue weighted by molar-refractivity contribution is -0.149. The zero-order valence-corrected chi connectivity index (χ0v) is 16.7. The largest absolute Gasteiger partial charge is 0.508 e. The predicted octanol–water partition coefficient (Wildman–Crippen LogP) is 3.52. The van der Waals surface area contributed by atoms with E-state index in [4.69, 9.17) is 9.47 Å². The molecule has 0 aromatic heterocycles. The van der Waals surface area contributed by atoms with Crippen LogP contribution in [0, 0.1) is 0 Å². The van der Waals surface area contributed by atoms with Gasteiger partial charge in [0.05, 0.1) is 0 Å². The smallest absolute Gasteiger partial charge is 0.331 e. The highest BCUT2D eigenvalue weighted by molar-refractivity contribution is 5.87. The zero-order chi connectivity index (χ0) is 22.8. The maximum Gasteiger partial charge on any atom is 0.331 e. The average Bonchev–Trinajstić information content (AvgIpc) is 2.76. The summed E-state index contributed by atoms with van der Waals surface area (Å²) in [6, 6.07) is 13.9. The predicted molar refractivity (Wildman–Crippen MR) is 114 cm³/mol. The van der Waals surface area contributed by atoms with Crippen molar-refractivity contribution in [1.29, 1.82) is 0 Å². The average molecular weight is 436 g/mol. The highest BCUT2D eigenvalue weighted by atomic mass is 16.6. The van der Waals surface area contributed by atoms with Gasteiger partial charge in [-0.15, -0.1) is 0 Å². The van der Waals surface area contributed by atoms with Gasteiger partial charge in [0.15, 0.2) is 23.4 Å². The summed E-state index contributed by atoms with van der Waals surface area (Å²) < 4.78 is 11.5. The molecule has 4 rings (SSSR count). The number of aromatic hydroxyl groups is 5. The van der Waals surface area contributed by atoms with Crippen LogP contribution in [0.4, 0.5) is 0 Å². The summed E-state index contributed by atoms with van der Waals surface area (Å²) in [6.07, 6.45) is 0.927. The number of benzene rings is 3. The van der Waals surface area contributed by atoms with Crippen LogP contribution >= 0.6 is 0 Å². The molecule has 0 bridgehead atoms. The number of esters is 1. The van der Waals surface area contributed by atoms with E-state index in [1.54, 1.807) is 6.08 Å². The third kappa shape index (κ3) is 4.24. The molecule has 0 unspecified atom stereocenters. The van der Waals surface area contributed by atoms with E-state index in [9.17, 15) is 30.3 Å². The van der Waals surface area contributed by atoms with Gasteiger partial charge < -0.3 is 35.0 Å². The Kier molecular flexibility index (Phi) is 5.51. The lowest BCUT2D eigenvalue weighted by Crippen LogP contribution is -2.34. The van der Waals surface area contributed by atoms with Crippen LogP contribution in [0.15, 0.2) is 60.7 Å². The second kappa shape index (κ2) is 8.43. The Morgan fingerprint density at radius 2 is 1.62 bits per heavy atom. The summed E-state index contributed by atoms with van der Waals surface area (Å²) >= 11 is 0. The van der Waals surface area contributed by atoms with E-state index in [0.29, 0.717) is 5.56 Å². The van der Waals surface area contributed by atoms with Gasteiger partial charge in [-0.25, -0.2) is 4.79 Å². The Balaban J connectivity index is 1.66. The summed E-state index contributed by atoms with van der Waals surface area (Å²) in [7, 11) is 0. The molecule has 5 N–H and O–H groups in total. The maximum atomic E-state index is 12.5. The Morgan fingerprint density at radius 1 is 0.938 bits per heavy atom. The van der Waals surface area contributed by atoms with Crippen molar-refractivity contribution in [2.24, 2.45) is 0 Å². The first-order chi connectivity index (χ1) is 15.3. The number of hydrogen-bond donors (Lipinski definition) is 5. The molecule has 2 atom stereocenters. The van der Waals surface area contributed by atoms with E-state index < -0.39 is 35.4 Å². The summed E-state index contributed by atoms with van der Waals surface area (Å²) in [5.41, 5.74) is 1.35. The SMILES string of the molecule is O=C(/C=C/c1ccccc1)O[C@@H]1Cc2c(O)cc(O)cc2O[C@@H]1c1cc(O)c(O)c(O)c1. The van der Waals surface area contributed by atoms with Crippen LogP contribution in [0.2, 0.25) is 0 Å². The second-order valence-corrected chi connectivity index (χ2v) is 7.31. The number of ether oxygens (including phenoxy) is 2. The molecule has 0 aliphatic carbocycles. The topological polar surface area (TPSA) is 137 Å². The van der Waals surface area contributed by atoms with Crippen molar-refractivity contribution in [3.63, 3.8) is 0 Å². The van der Waals surface area contributed by atoms with Crippen molar-refractivity contribution in [1.82, 2.24) is 0 Å². The van der Waals surface area contributed by atoms with Crippen molar-refractivity contribution < 1.29 is 39.8 Å². The highest BCUT2D eigenvalue weighted by Gasteiger charge is 2.36. The third-order valence-corrected chi connectivity index (χ3v) is 5.07. The molecule has 1 aliphatic heterocycles. The summed E-state index contributed by atoms with van der Waals surface area (Å²) in [5.74, 6) is -2.81. The van der Waals surface area contributed by atoms with Crippen LogP contribution in [-0.2, 0) is 16.0 Å². The van der Waals surface area contributed by atoms with Crippen molar-refractivity contribution in [3.05, 3.63) is 77.4 Å². The van der Waals surface area contributed by atoms with Crippen LogP contribution in [-0.4, -0.2) is 37.6 Å². The Bertz CT molecular complexity index is 1160. The zero-order valence-electron chi connectivity index (χ0n) is 16.7. The van der Waals surface area contributed by atoms with Crippen molar-refractivity contribution in [3.8, 4) is 34.5 Å². The Labute approximate surface area is 182 Å². The second-order valence-electron chi connectivity index (χ2n) is 7.31. The number of phenolic OH excluding ortho intramolecular Hbond substituents is 5. The Hall–Kier alpha value is -4.33. The molecule has 0 radical (unpaired) electrons. The Morgan fingerprint density at radius 3 is 2.31 bits per heavy atom. The van der Waals surface area contributed by atoms with E-state index in [0.717, 1.165) is 11.6 Å². The fourth-order valence-electron chi connectivity index (χ4n) is 3.54. The first-order valence-electron chi connectivity index (χ1n) is 9.72. The minimum Gasteiger partial charge on any atom is -0.508 e. The fraction of sp³-hybridized carbons (Fsp3) is 0.125. The minimum atomic E-state index is -1.00. The van der Waals surface area contributed by atoms with E-state index in [1.807, 2.05) is 30.3 Å². The molecule has 0 saturated carbocycles. The van der Waals surface area contributed by atoms with Gasteiger partial charge in [-0.05, 0) is 23.8 Å². The molecule has 32 heavy (non-hydrogen) atoms. The molecule has 8 heteroatoms. The lowest BCUT2D eigenvalue weighted by Gasteiger charge is -2.33. The first kappa shape index (κ1) is 20.9. The quantitative estimate of drug-likeness (QED) is 0.238. The molecular weight excluding hydrogens is 416 g/mol. The normalized spacial score (nSPS) is 17.5. The molecule has 1 aliphatic rings. The standard InChI is InChI=1S/C24H20O8/c25-15-10-17(26)16-12-21(31-22(29)7-6-13-4-2-1-3-5-13)24(32-20(16)11-15)14-8-18(27)23(30)19(28)9-14/h1-11,21,24-28,30H,12H2/b7-6+/t21-,24-/m1/s1. The summed E-state index contributed by atoms with van der Waals surface area (Å²) in [6.45, 7) is 0. The number of phenols is 5. The van der Waals surface area contributed by atoms with Crippen LogP contribution in [0.1, 0.15) is 22.8 Å². The van der Waals surface area contributed by atoms with Gasteiger partial charge >= 0.3 is 5.97 Å². The molecule has 3 aromatic rings. The number of carbonyl (C=O) groups excluding carboxylic acids is 1. The molecule has 0 amide bonds. The van der Waals surface area contributed by atoms with Gasteiger partial charge in [-0.2, -0.15) is 0 Å². The molecule has 0 spiro atoms. The maximum absolute atomic E-state index is 12.5. The van der Waals surface area contributed by atoms with Crippen LogP contribution in [0.5, 0.6) is 34.5 Å². The summed E-state index contributed by atoms with van der Waals surface area (Å²) in [5, 5.41) is 49.5. The molecule has 8 nitrogen and oxygen atoms in total. The lowest BCUT2D eigenvalue weighted by atomic mass is 9.93. The van der Waals surface area contributed by atoms with Gasteiger partial charge in [0.1, 0.15) is 23.4 Å². The number of hydrogen-bond acceptors (Lipinski definition) is 8. The number of fused-ring (bicyclic) bond motifs is 1. The fourth-order valence-corrected chi connectivity index (χ4v) is 3.54. The monoisotopic (exact) mass is 436 g/mol. The van der Waals surface area contributed by atoms with Crippen molar-refractivity contribution >= 4 is 12.0 Å². The van der Waals surface area contributed by atoms with Crippen LogP contribution in [0.25, 0.3) is 6.08 Å². The van der Waals surface area contributed by atoms with E-state index >= 15 is 0 Å². The minimum absolute atomic E-state index is 0.0411. The molecule has 164 valence electrons. The van der Waals surface area contributed by atoms with Gasteiger partial charge in [-0.3, -0.25) is 0 Å². The third-order valence-electron chi connectivity index (χ3n) is 5.07. The summed E-state index contributed by atoms with van der Waals surface area (Å²) in [4.78, 5) is 12.5. The molecule has 0 fully saturated rings. The number of carbonyl (C=O) groups is 1. The van der Waals surface area contributed by atoms with Gasteiger partial charge in [0.25, 0.3) is 0 Å². The van der Waals surface area contributed by atoms with E-state index in [-0.39, 0.29) is 29.2 Å². The van der Waals surface area contributed by atoms with Crippen molar-refractivity contribution in [2.75, 3.05) is 0 Å². The van der Waals surface area contributed by atoms with E-state index in [1.165, 1.54) is 24.3 Å². The molecule has 1 heterocycles. The van der Waals surface area contributed by atoms with E-state index in [2.05, 4.69) is 0 Å². The van der Waals surface area contributed by atoms with Crippen LogP contribution in [0.3, 0.4) is 0 Å². The van der Waals surface area contributed by atoms with Crippen molar-refractivity contribution in [2.45, 2.75) is 18.6 Å². The highest BCUT2D eigenvalue weighted by Crippen LogP contribution is 2.45. The molecule has 3 aromatic carbocycles. The van der Waals surface area contributed by atoms with Crippen LogP contribution < -0.4 is 4.74 Å². The molecular formula is C24H20O8. The van der Waals surface area contributed by atoms with Gasteiger partial charge in [0, 0.05) is 35.8 Å².